The molecule has 1 aromatic carbocycles. The maximum atomic E-state index is 11.6. The molecule has 0 fully saturated rings. The fourth-order valence-corrected chi connectivity index (χ4v) is 3.01. The number of amides is 1. The summed E-state index contributed by atoms with van der Waals surface area (Å²) in [5.74, 6) is 0.610. The fraction of sp³-hybridized carbons (Fsp3) is 0.214. The summed E-state index contributed by atoms with van der Waals surface area (Å²) in [7, 11) is 0. The van der Waals surface area contributed by atoms with Crippen LogP contribution in [0.4, 0.5) is 0 Å². The highest BCUT2D eigenvalue weighted by molar-refractivity contribution is 9.11. The first-order chi connectivity index (χ1) is 9.24. The average molecular weight is 340 g/mol. The molecule has 19 heavy (non-hydrogen) atoms. The van der Waals surface area contributed by atoms with Crippen molar-refractivity contribution in [1.29, 1.82) is 0 Å². The highest BCUT2D eigenvalue weighted by atomic mass is 79.9. The van der Waals surface area contributed by atoms with Gasteiger partial charge in [-0.2, -0.15) is 0 Å². The smallest absolute Gasteiger partial charge is 0.257 e. The zero-order valence-electron chi connectivity index (χ0n) is 10.3. The van der Waals surface area contributed by atoms with E-state index in [0.717, 1.165) is 10.2 Å². The SMILES string of the molecule is O=C(COc1ccccc1)NCCc1ccc(Br)s1. The molecule has 5 heteroatoms. The van der Waals surface area contributed by atoms with Crippen LogP contribution in [-0.4, -0.2) is 19.1 Å². The van der Waals surface area contributed by atoms with Crippen LogP contribution < -0.4 is 10.1 Å². The number of hydrogen-bond donors (Lipinski definition) is 1. The number of ether oxygens (including phenoxy) is 1. The normalized spacial score (nSPS) is 10.2. The first kappa shape index (κ1) is 14.1. The molecule has 100 valence electrons. The van der Waals surface area contributed by atoms with Gasteiger partial charge in [-0.15, -0.1) is 11.3 Å². The van der Waals surface area contributed by atoms with Crippen LogP contribution in [0.2, 0.25) is 0 Å². The van der Waals surface area contributed by atoms with E-state index in [4.69, 9.17) is 4.74 Å². The predicted molar refractivity (Wildman–Crippen MR) is 80.7 cm³/mol. The third-order valence-electron chi connectivity index (χ3n) is 2.44. The van der Waals surface area contributed by atoms with Crippen molar-refractivity contribution in [3.8, 4) is 5.75 Å². The maximum Gasteiger partial charge on any atom is 0.257 e. The van der Waals surface area contributed by atoms with Crippen LogP contribution >= 0.6 is 27.3 Å². The highest BCUT2D eigenvalue weighted by Crippen LogP contribution is 2.21. The summed E-state index contributed by atoms with van der Waals surface area (Å²) in [6.07, 6.45) is 0.841. The molecule has 0 aliphatic carbocycles. The number of thiophene rings is 1. The van der Waals surface area contributed by atoms with Gasteiger partial charge in [0.2, 0.25) is 0 Å². The molecule has 3 nitrogen and oxygen atoms in total. The molecule has 0 bridgehead atoms. The third-order valence-corrected chi connectivity index (χ3v) is 4.12. The largest absolute Gasteiger partial charge is 0.484 e. The lowest BCUT2D eigenvalue weighted by molar-refractivity contribution is -0.123. The Hall–Kier alpha value is -1.33. The van der Waals surface area contributed by atoms with Crippen molar-refractivity contribution in [1.82, 2.24) is 5.32 Å². The Morgan fingerprint density at radius 3 is 2.68 bits per heavy atom. The van der Waals surface area contributed by atoms with Crippen LogP contribution in [0.3, 0.4) is 0 Å². The van der Waals surface area contributed by atoms with Crippen molar-refractivity contribution < 1.29 is 9.53 Å². The van der Waals surface area contributed by atoms with Gasteiger partial charge in [0.25, 0.3) is 5.91 Å². The summed E-state index contributed by atoms with van der Waals surface area (Å²) >= 11 is 5.10. The molecule has 1 amide bonds. The van der Waals surface area contributed by atoms with Crippen molar-refractivity contribution in [2.75, 3.05) is 13.2 Å². The lowest BCUT2D eigenvalue weighted by atomic mass is 10.3. The van der Waals surface area contributed by atoms with Gasteiger partial charge < -0.3 is 10.1 Å². The Morgan fingerprint density at radius 2 is 2.00 bits per heavy atom. The Labute approximate surface area is 124 Å². The zero-order valence-corrected chi connectivity index (χ0v) is 12.7. The van der Waals surface area contributed by atoms with E-state index in [-0.39, 0.29) is 12.5 Å². The molecule has 0 unspecified atom stereocenters. The molecular weight excluding hydrogens is 326 g/mol. The Morgan fingerprint density at radius 1 is 1.21 bits per heavy atom. The second-order valence-electron chi connectivity index (χ2n) is 3.91. The Bertz CT molecular complexity index is 527. The van der Waals surface area contributed by atoms with Crippen molar-refractivity contribution in [2.45, 2.75) is 6.42 Å². The van der Waals surface area contributed by atoms with Crippen LogP contribution in [0.15, 0.2) is 46.3 Å². The summed E-state index contributed by atoms with van der Waals surface area (Å²) in [4.78, 5) is 12.8. The number of carbonyl (C=O) groups is 1. The average Bonchev–Trinajstić information content (AvgIpc) is 2.83. The number of halogens is 1. The molecule has 0 spiro atoms. The van der Waals surface area contributed by atoms with Crippen LogP contribution in [0.1, 0.15) is 4.88 Å². The van der Waals surface area contributed by atoms with Crippen LogP contribution in [0, 0.1) is 0 Å². The molecule has 2 aromatic rings. The van der Waals surface area contributed by atoms with Crippen molar-refractivity contribution in [3.05, 3.63) is 51.1 Å². The van der Waals surface area contributed by atoms with E-state index in [1.807, 2.05) is 36.4 Å². The number of rotatable bonds is 6. The van der Waals surface area contributed by atoms with Gasteiger partial charge in [-0.05, 0) is 46.6 Å². The number of para-hydroxylation sites is 1. The first-order valence-electron chi connectivity index (χ1n) is 5.93. The van der Waals surface area contributed by atoms with Gasteiger partial charge in [0.1, 0.15) is 5.75 Å². The highest BCUT2D eigenvalue weighted by Gasteiger charge is 2.03. The van der Waals surface area contributed by atoms with E-state index >= 15 is 0 Å². The molecule has 0 saturated heterocycles. The van der Waals surface area contributed by atoms with E-state index in [1.54, 1.807) is 11.3 Å². The van der Waals surface area contributed by atoms with Gasteiger partial charge in [-0.3, -0.25) is 4.79 Å². The Kier molecular flexibility index (Phi) is 5.42. The zero-order chi connectivity index (χ0) is 13.5. The van der Waals surface area contributed by atoms with Gasteiger partial charge in [0.15, 0.2) is 6.61 Å². The van der Waals surface area contributed by atoms with Gasteiger partial charge in [0, 0.05) is 11.4 Å². The lowest BCUT2D eigenvalue weighted by Gasteiger charge is -2.06. The molecule has 0 radical (unpaired) electrons. The number of benzene rings is 1. The fourth-order valence-electron chi connectivity index (χ4n) is 1.53. The van der Waals surface area contributed by atoms with Crippen LogP contribution in [0.25, 0.3) is 0 Å². The third kappa shape index (κ3) is 5.04. The topological polar surface area (TPSA) is 38.3 Å². The molecule has 1 heterocycles. The molecule has 0 aliphatic heterocycles. The standard InChI is InChI=1S/C14H14BrNO2S/c15-13-7-6-12(19-13)8-9-16-14(17)10-18-11-4-2-1-3-5-11/h1-7H,8-10H2,(H,16,17). The van der Waals surface area contributed by atoms with Crippen LogP contribution in [-0.2, 0) is 11.2 Å². The number of hydrogen-bond acceptors (Lipinski definition) is 3. The Balaban J connectivity index is 1.65. The van der Waals surface area contributed by atoms with Crippen molar-refractivity contribution in [2.24, 2.45) is 0 Å². The molecule has 1 aromatic heterocycles. The van der Waals surface area contributed by atoms with E-state index in [1.165, 1.54) is 4.88 Å². The second kappa shape index (κ2) is 7.31. The van der Waals surface area contributed by atoms with E-state index < -0.39 is 0 Å². The number of carbonyl (C=O) groups excluding carboxylic acids is 1. The summed E-state index contributed by atoms with van der Waals surface area (Å²) in [5.41, 5.74) is 0. The van der Waals surface area contributed by atoms with Gasteiger partial charge in [0.05, 0.1) is 3.79 Å². The van der Waals surface area contributed by atoms with E-state index in [0.29, 0.717) is 12.3 Å². The van der Waals surface area contributed by atoms with Crippen LogP contribution in [0.5, 0.6) is 5.75 Å². The summed E-state index contributed by atoms with van der Waals surface area (Å²) in [6.45, 7) is 0.683. The summed E-state index contributed by atoms with van der Waals surface area (Å²) in [5, 5.41) is 2.84. The van der Waals surface area contributed by atoms with Crippen molar-refractivity contribution >= 4 is 33.2 Å². The molecular formula is C14H14BrNO2S. The van der Waals surface area contributed by atoms with E-state index in [9.17, 15) is 4.79 Å². The predicted octanol–water partition coefficient (Wildman–Crippen LogP) is 3.25. The lowest BCUT2D eigenvalue weighted by Crippen LogP contribution is -2.30. The summed E-state index contributed by atoms with van der Waals surface area (Å²) < 4.78 is 6.47. The molecule has 0 aliphatic rings. The maximum absolute atomic E-state index is 11.6. The molecule has 2 rings (SSSR count). The monoisotopic (exact) mass is 339 g/mol. The molecule has 0 saturated carbocycles. The quantitative estimate of drug-likeness (QED) is 0.877. The molecule has 0 atom stereocenters. The van der Waals surface area contributed by atoms with E-state index in [2.05, 4.69) is 27.3 Å². The first-order valence-corrected chi connectivity index (χ1v) is 7.54. The van der Waals surface area contributed by atoms with Gasteiger partial charge in [-0.1, -0.05) is 18.2 Å². The van der Waals surface area contributed by atoms with Gasteiger partial charge >= 0.3 is 0 Å². The van der Waals surface area contributed by atoms with Crippen molar-refractivity contribution in [3.63, 3.8) is 0 Å². The second-order valence-corrected chi connectivity index (χ2v) is 6.46. The summed E-state index contributed by atoms with van der Waals surface area (Å²) in [6, 6.07) is 13.4. The minimum atomic E-state index is -0.0977. The minimum absolute atomic E-state index is 0.0537. The molecule has 1 N–H and O–H groups in total. The number of nitrogens with one attached hydrogen (secondary N) is 1. The minimum Gasteiger partial charge on any atom is -0.484 e. The van der Waals surface area contributed by atoms with Gasteiger partial charge in [-0.25, -0.2) is 0 Å².